The van der Waals surface area contributed by atoms with Crippen LogP contribution in [-0.4, -0.2) is 22.4 Å². The maximum absolute atomic E-state index is 10.8. The van der Waals surface area contributed by atoms with Crippen molar-refractivity contribution in [2.75, 3.05) is 6.54 Å². The second-order valence-electron chi connectivity index (χ2n) is 4.45. The molecule has 1 atom stereocenters. The van der Waals surface area contributed by atoms with Crippen molar-refractivity contribution in [3.05, 3.63) is 23.8 Å². The molecular weight excluding hydrogens is 202 g/mol. The molecule has 4 nitrogen and oxygen atoms in total. The minimum atomic E-state index is 0.00308. The number of hydrogen-bond donors (Lipinski definition) is 1. The summed E-state index contributed by atoms with van der Waals surface area (Å²) in [6.07, 6.45) is 4.24. The van der Waals surface area contributed by atoms with Crippen LogP contribution in [0.3, 0.4) is 0 Å². The van der Waals surface area contributed by atoms with Crippen molar-refractivity contribution in [3.8, 4) is 0 Å². The summed E-state index contributed by atoms with van der Waals surface area (Å²) in [5.74, 6) is 1.79. The van der Waals surface area contributed by atoms with Gasteiger partial charge in [-0.3, -0.25) is 4.79 Å². The molecule has 1 saturated carbocycles. The Balaban J connectivity index is 2.01. The van der Waals surface area contributed by atoms with Crippen LogP contribution in [0.25, 0.3) is 0 Å². The monoisotopic (exact) mass is 219 g/mol. The van der Waals surface area contributed by atoms with Crippen LogP contribution >= 0.6 is 0 Å². The van der Waals surface area contributed by atoms with E-state index in [2.05, 4.69) is 22.2 Å². The average molecular weight is 219 g/mol. The molecule has 4 heteroatoms. The predicted octanol–water partition coefficient (Wildman–Crippen LogP) is 1.59. The number of carbonyl (C=O) groups is 1. The topological polar surface area (TPSA) is 54.9 Å². The minimum absolute atomic E-state index is 0.00308. The highest BCUT2D eigenvalue weighted by atomic mass is 16.1. The fourth-order valence-electron chi connectivity index (χ4n) is 1.60. The van der Waals surface area contributed by atoms with E-state index in [1.807, 2.05) is 12.3 Å². The summed E-state index contributed by atoms with van der Waals surface area (Å²) in [6, 6.07) is 1.93. The molecular formula is C12H17N3O. The van der Waals surface area contributed by atoms with Gasteiger partial charge in [-0.05, 0) is 18.9 Å². The third kappa shape index (κ3) is 2.78. The molecule has 0 radical (unpaired) electrons. The predicted molar refractivity (Wildman–Crippen MR) is 61.1 cm³/mol. The number of amides is 1. The van der Waals surface area contributed by atoms with E-state index in [1.165, 1.54) is 19.8 Å². The van der Waals surface area contributed by atoms with Crippen molar-refractivity contribution < 1.29 is 4.79 Å². The van der Waals surface area contributed by atoms with Crippen molar-refractivity contribution in [3.63, 3.8) is 0 Å². The Morgan fingerprint density at radius 1 is 1.62 bits per heavy atom. The third-order valence-corrected chi connectivity index (χ3v) is 2.80. The maximum atomic E-state index is 10.8. The Labute approximate surface area is 95.5 Å². The largest absolute Gasteiger partial charge is 0.356 e. The molecule has 1 aliphatic rings. The van der Waals surface area contributed by atoms with Gasteiger partial charge in [0.2, 0.25) is 5.91 Å². The molecule has 1 fully saturated rings. The van der Waals surface area contributed by atoms with Crippen LogP contribution < -0.4 is 5.32 Å². The second-order valence-corrected chi connectivity index (χ2v) is 4.45. The van der Waals surface area contributed by atoms with E-state index in [-0.39, 0.29) is 11.8 Å². The fourth-order valence-corrected chi connectivity index (χ4v) is 1.60. The molecule has 1 aromatic rings. The first-order valence-electron chi connectivity index (χ1n) is 5.74. The van der Waals surface area contributed by atoms with Crippen LogP contribution in [0.15, 0.2) is 12.3 Å². The Morgan fingerprint density at radius 3 is 3.00 bits per heavy atom. The molecule has 0 saturated heterocycles. The van der Waals surface area contributed by atoms with E-state index < -0.39 is 0 Å². The Kier molecular flexibility index (Phi) is 3.17. The molecule has 0 aliphatic heterocycles. The highest BCUT2D eigenvalue weighted by Crippen LogP contribution is 2.37. The molecule has 1 N–H and O–H groups in total. The second kappa shape index (κ2) is 4.60. The van der Waals surface area contributed by atoms with E-state index in [0.29, 0.717) is 12.5 Å². The summed E-state index contributed by atoms with van der Waals surface area (Å²) in [6.45, 7) is 4.23. The summed E-state index contributed by atoms with van der Waals surface area (Å²) in [5.41, 5.74) is 1.02. The van der Waals surface area contributed by atoms with Gasteiger partial charge in [0.25, 0.3) is 0 Å². The fraction of sp³-hybridized carbons (Fsp3) is 0.583. The minimum Gasteiger partial charge on any atom is -0.356 e. The molecule has 1 amide bonds. The van der Waals surface area contributed by atoms with Crippen molar-refractivity contribution in [1.82, 2.24) is 15.3 Å². The highest BCUT2D eigenvalue weighted by molar-refractivity contribution is 5.72. The van der Waals surface area contributed by atoms with Crippen LogP contribution in [0.1, 0.15) is 50.0 Å². The van der Waals surface area contributed by atoms with Gasteiger partial charge in [-0.25, -0.2) is 9.97 Å². The van der Waals surface area contributed by atoms with Gasteiger partial charge in [0.15, 0.2) is 0 Å². The van der Waals surface area contributed by atoms with Gasteiger partial charge in [0.1, 0.15) is 5.82 Å². The molecule has 1 heterocycles. The Bertz CT molecular complexity index is 388. The molecule has 1 aliphatic carbocycles. The normalized spacial score (nSPS) is 16.9. The summed E-state index contributed by atoms with van der Waals surface area (Å²) in [5, 5.41) is 2.81. The lowest BCUT2D eigenvalue weighted by Gasteiger charge is -2.11. The SMILES string of the molecule is CC(=O)NCC(C)c1ccnc(C2CC2)n1. The zero-order valence-corrected chi connectivity index (χ0v) is 9.73. The smallest absolute Gasteiger partial charge is 0.216 e. The van der Waals surface area contributed by atoms with Crippen molar-refractivity contribution in [1.29, 1.82) is 0 Å². The lowest BCUT2D eigenvalue weighted by Crippen LogP contribution is -2.25. The van der Waals surface area contributed by atoms with Crippen LogP contribution in [0.2, 0.25) is 0 Å². The van der Waals surface area contributed by atoms with E-state index in [4.69, 9.17) is 0 Å². The number of aromatic nitrogens is 2. The van der Waals surface area contributed by atoms with Crippen molar-refractivity contribution in [2.24, 2.45) is 0 Å². The molecule has 1 aromatic heterocycles. The number of nitrogens with zero attached hydrogens (tertiary/aromatic N) is 2. The van der Waals surface area contributed by atoms with Gasteiger partial charge in [0, 0.05) is 37.2 Å². The van der Waals surface area contributed by atoms with Crippen molar-refractivity contribution >= 4 is 5.91 Å². The van der Waals surface area contributed by atoms with Crippen LogP contribution in [-0.2, 0) is 4.79 Å². The van der Waals surface area contributed by atoms with Crippen molar-refractivity contribution in [2.45, 2.75) is 38.5 Å². The molecule has 2 rings (SSSR count). The molecule has 86 valence electrons. The van der Waals surface area contributed by atoms with Crippen LogP contribution in [0.4, 0.5) is 0 Å². The van der Waals surface area contributed by atoms with Gasteiger partial charge >= 0.3 is 0 Å². The lowest BCUT2D eigenvalue weighted by molar-refractivity contribution is -0.119. The maximum Gasteiger partial charge on any atom is 0.216 e. The van der Waals surface area contributed by atoms with Crippen LogP contribution in [0, 0.1) is 0 Å². The number of carbonyl (C=O) groups excluding carboxylic acids is 1. The van der Waals surface area contributed by atoms with Crippen LogP contribution in [0.5, 0.6) is 0 Å². The first kappa shape index (κ1) is 11.0. The van der Waals surface area contributed by atoms with Gasteiger partial charge in [-0.2, -0.15) is 0 Å². The highest BCUT2D eigenvalue weighted by Gasteiger charge is 2.26. The quantitative estimate of drug-likeness (QED) is 0.836. The van der Waals surface area contributed by atoms with E-state index in [1.54, 1.807) is 0 Å². The summed E-state index contributed by atoms with van der Waals surface area (Å²) < 4.78 is 0. The first-order valence-corrected chi connectivity index (χ1v) is 5.74. The van der Waals surface area contributed by atoms with E-state index in [0.717, 1.165) is 11.5 Å². The standard InChI is InChI=1S/C12H17N3O/c1-8(7-14-9(2)16)11-5-6-13-12(15-11)10-3-4-10/h5-6,8,10H,3-4,7H2,1-2H3,(H,14,16). The van der Waals surface area contributed by atoms with Gasteiger partial charge in [-0.1, -0.05) is 6.92 Å². The summed E-state index contributed by atoms with van der Waals surface area (Å²) in [7, 11) is 0. The first-order chi connectivity index (χ1) is 7.66. The third-order valence-electron chi connectivity index (χ3n) is 2.80. The van der Waals surface area contributed by atoms with E-state index >= 15 is 0 Å². The van der Waals surface area contributed by atoms with Gasteiger partial charge < -0.3 is 5.32 Å². The molecule has 0 aromatic carbocycles. The Hall–Kier alpha value is -1.45. The van der Waals surface area contributed by atoms with E-state index in [9.17, 15) is 4.79 Å². The molecule has 0 spiro atoms. The number of nitrogens with one attached hydrogen (secondary N) is 1. The molecule has 1 unspecified atom stereocenters. The molecule has 16 heavy (non-hydrogen) atoms. The number of rotatable bonds is 4. The average Bonchev–Trinajstić information content (AvgIpc) is 3.10. The Morgan fingerprint density at radius 2 is 2.38 bits per heavy atom. The summed E-state index contributed by atoms with van der Waals surface area (Å²) in [4.78, 5) is 19.7. The zero-order chi connectivity index (χ0) is 11.5. The van der Waals surface area contributed by atoms with Gasteiger partial charge in [0.05, 0.1) is 0 Å². The molecule has 0 bridgehead atoms. The zero-order valence-electron chi connectivity index (χ0n) is 9.73. The number of hydrogen-bond acceptors (Lipinski definition) is 3. The lowest BCUT2D eigenvalue weighted by atomic mass is 10.1. The summed E-state index contributed by atoms with van der Waals surface area (Å²) >= 11 is 0. The van der Waals surface area contributed by atoms with Gasteiger partial charge in [-0.15, -0.1) is 0 Å².